The number of carbonyl (C=O) groups excluding carboxylic acids is 1. The predicted molar refractivity (Wildman–Crippen MR) is 108 cm³/mol. The van der Waals surface area contributed by atoms with E-state index in [2.05, 4.69) is 22.0 Å². The molecule has 6 nitrogen and oxygen atoms in total. The summed E-state index contributed by atoms with van der Waals surface area (Å²) in [5.41, 5.74) is 2.65. The lowest BCUT2D eigenvalue weighted by Crippen LogP contribution is -2.38. The molecule has 3 aromatic rings. The zero-order valence-corrected chi connectivity index (χ0v) is 16.2. The van der Waals surface area contributed by atoms with Crippen molar-refractivity contribution in [2.75, 3.05) is 6.54 Å². The Labute approximate surface area is 165 Å². The first-order valence-electron chi connectivity index (χ1n) is 9.98. The fourth-order valence-electron chi connectivity index (χ4n) is 3.85. The minimum absolute atomic E-state index is 0.0507. The Morgan fingerprint density at radius 1 is 1.11 bits per heavy atom. The fourth-order valence-corrected chi connectivity index (χ4v) is 3.85. The minimum Gasteiger partial charge on any atom is -0.330 e. The Kier molecular flexibility index (Phi) is 5.46. The summed E-state index contributed by atoms with van der Waals surface area (Å²) in [5, 5.41) is 4.28. The van der Waals surface area contributed by atoms with E-state index in [4.69, 9.17) is 0 Å². The third-order valence-corrected chi connectivity index (χ3v) is 5.23. The molecule has 144 valence electrons. The second kappa shape index (κ2) is 8.33. The van der Waals surface area contributed by atoms with Crippen LogP contribution in [0.1, 0.15) is 54.7 Å². The summed E-state index contributed by atoms with van der Waals surface area (Å²) in [6.07, 6.45) is 7.49. The van der Waals surface area contributed by atoms with Gasteiger partial charge in [0.1, 0.15) is 6.33 Å². The van der Waals surface area contributed by atoms with Crippen molar-refractivity contribution in [3.05, 3.63) is 66.2 Å². The maximum absolute atomic E-state index is 13.2. The summed E-state index contributed by atoms with van der Waals surface area (Å²) in [5.74, 6) is 0.905. The number of aryl methyl sites for hydroxylation is 1. The second-order valence-corrected chi connectivity index (χ2v) is 7.15. The predicted octanol–water partition coefficient (Wildman–Crippen LogP) is 4.12. The summed E-state index contributed by atoms with van der Waals surface area (Å²) in [6, 6.07) is 13.7. The lowest BCUT2D eigenvalue weighted by Gasteiger charge is -2.35. The lowest BCUT2D eigenvalue weighted by molar-refractivity contribution is 0.0606. The average molecular weight is 375 g/mol. The molecular weight excluding hydrogens is 350 g/mol. The van der Waals surface area contributed by atoms with Crippen molar-refractivity contribution in [3.63, 3.8) is 0 Å². The highest BCUT2D eigenvalue weighted by Gasteiger charge is 2.29. The molecule has 28 heavy (non-hydrogen) atoms. The zero-order valence-electron chi connectivity index (χ0n) is 16.2. The van der Waals surface area contributed by atoms with Crippen molar-refractivity contribution in [1.82, 2.24) is 24.6 Å². The summed E-state index contributed by atoms with van der Waals surface area (Å²) in [4.78, 5) is 24.0. The average Bonchev–Trinajstić information content (AvgIpc) is 3.22. The highest BCUT2D eigenvalue weighted by molar-refractivity contribution is 5.95. The Bertz CT molecular complexity index is 920. The molecule has 0 bridgehead atoms. The van der Waals surface area contributed by atoms with Crippen molar-refractivity contribution < 1.29 is 4.79 Å². The van der Waals surface area contributed by atoms with Crippen molar-refractivity contribution in [2.45, 2.75) is 45.2 Å². The molecule has 1 amide bonds. The van der Waals surface area contributed by atoms with E-state index in [1.54, 1.807) is 12.5 Å². The molecule has 1 aliphatic heterocycles. The number of nitrogens with zero attached hydrogens (tertiary/aromatic N) is 5. The normalized spacial score (nSPS) is 16.9. The quantitative estimate of drug-likeness (QED) is 0.673. The molecule has 0 N–H and O–H groups in total. The molecule has 1 aromatic carbocycles. The number of aromatic nitrogens is 4. The van der Waals surface area contributed by atoms with Gasteiger partial charge >= 0.3 is 0 Å². The molecule has 1 atom stereocenters. The highest BCUT2D eigenvalue weighted by Crippen LogP contribution is 2.31. The van der Waals surface area contributed by atoms with Crippen molar-refractivity contribution >= 4 is 5.91 Å². The minimum atomic E-state index is 0.0507. The van der Waals surface area contributed by atoms with Gasteiger partial charge in [0.15, 0.2) is 5.82 Å². The number of hydrogen-bond donors (Lipinski definition) is 0. The highest BCUT2D eigenvalue weighted by atomic mass is 16.2. The zero-order chi connectivity index (χ0) is 19.3. The monoisotopic (exact) mass is 375 g/mol. The van der Waals surface area contributed by atoms with Crippen LogP contribution in [0.5, 0.6) is 0 Å². The van der Waals surface area contributed by atoms with Gasteiger partial charge in [-0.25, -0.2) is 9.67 Å². The van der Waals surface area contributed by atoms with Gasteiger partial charge in [0.2, 0.25) is 0 Å². The summed E-state index contributed by atoms with van der Waals surface area (Å²) in [7, 11) is 0. The van der Waals surface area contributed by atoms with E-state index >= 15 is 0 Å². The van der Waals surface area contributed by atoms with Gasteiger partial charge in [-0.05, 0) is 49.9 Å². The van der Waals surface area contributed by atoms with Crippen LogP contribution in [0.4, 0.5) is 0 Å². The first kappa shape index (κ1) is 18.3. The summed E-state index contributed by atoms with van der Waals surface area (Å²) in [6.45, 7) is 3.71. The molecule has 3 heterocycles. The molecule has 2 aromatic heterocycles. The van der Waals surface area contributed by atoms with Gasteiger partial charge in [0, 0.05) is 30.4 Å². The molecule has 6 heteroatoms. The third kappa shape index (κ3) is 3.67. The molecule has 4 rings (SSSR count). The largest absolute Gasteiger partial charge is 0.330 e. The van der Waals surface area contributed by atoms with Gasteiger partial charge < -0.3 is 4.90 Å². The number of likely N-dealkylation sites (tertiary alicyclic amines) is 1. The topological polar surface area (TPSA) is 63.9 Å². The number of carbonyl (C=O) groups is 1. The van der Waals surface area contributed by atoms with Gasteiger partial charge in [0.25, 0.3) is 5.91 Å². The van der Waals surface area contributed by atoms with Crippen LogP contribution in [0.2, 0.25) is 0 Å². The van der Waals surface area contributed by atoms with Gasteiger partial charge in [-0.3, -0.25) is 9.78 Å². The first-order valence-corrected chi connectivity index (χ1v) is 9.98. The summed E-state index contributed by atoms with van der Waals surface area (Å²) < 4.78 is 1.90. The molecule has 0 spiro atoms. The van der Waals surface area contributed by atoms with E-state index in [1.165, 1.54) is 0 Å². The fraction of sp³-hybridized carbons (Fsp3) is 0.364. The molecule has 0 radical (unpaired) electrons. The van der Waals surface area contributed by atoms with Crippen LogP contribution < -0.4 is 0 Å². The van der Waals surface area contributed by atoms with Gasteiger partial charge in [0.05, 0.1) is 11.7 Å². The van der Waals surface area contributed by atoms with Crippen LogP contribution in [0.15, 0.2) is 55.0 Å². The third-order valence-electron chi connectivity index (χ3n) is 5.23. The molecule has 0 saturated carbocycles. The number of hydrogen-bond acceptors (Lipinski definition) is 4. The maximum Gasteiger partial charge on any atom is 0.254 e. The van der Waals surface area contributed by atoms with Crippen molar-refractivity contribution in [1.29, 1.82) is 0 Å². The number of pyridine rings is 1. The van der Waals surface area contributed by atoms with E-state index in [0.29, 0.717) is 5.56 Å². The summed E-state index contributed by atoms with van der Waals surface area (Å²) >= 11 is 0. The van der Waals surface area contributed by atoms with Crippen LogP contribution >= 0.6 is 0 Å². The van der Waals surface area contributed by atoms with E-state index in [9.17, 15) is 4.79 Å². The molecule has 1 fully saturated rings. The number of piperidine rings is 1. The SMILES string of the molecule is CCCn1ncnc1-c1ccc(C(=O)N2CCCC[C@H]2c2ccccn2)cc1. The molecule has 1 saturated heterocycles. The molecule has 0 aliphatic carbocycles. The Morgan fingerprint density at radius 2 is 1.96 bits per heavy atom. The Hall–Kier alpha value is -3.02. The molecule has 0 unspecified atom stereocenters. The van der Waals surface area contributed by atoms with Crippen LogP contribution in [0.3, 0.4) is 0 Å². The Morgan fingerprint density at radius 3 is 2.71 bits per heavy atom. The van der Waals surface area contributed by atoms with Crippen molar-refractivity contribution in [3.8, 4) is 11.4 Å². The number of amides is 1. The van der Waals surface area contributed by atoms with Crippen LogP contribution in [-0.4, -0.2) is 37.1 Å². The van der Waals surface area contributed by atoms with Crippen molar-refractivity contribution in [2.24, 2.45) is 0 Å². The van der Waals surface area contributed by atoms with Gasteiger partial charge in [-0.2, -0.15) is 5.10 Å². The number of rotatable bonds is 5. The smallest absolute Gasteiger partial charge is 0.254 e. The maximum atomic E-state index is 13.2. The van der Waals surface area contributed by atoms with E-state index < -0.39 is 0 Å². The number of benzene rings is 1. The van der Waals surface area contributed by atoms with Gasteiger partial charge in [-0.15, -0.1) is 0 Å². The van der Waals surface area contributed by atoms with Gasteiger partial charge in [-0.1, -0.05) is 25.1 Å². The van der Waals surface area contributed by atoms with Crippen LogP contribution in [0.25, 0.3) is 11.4 Å². The Balaban J connectivity index is 1.56. The molecule has 1 aliphatic rings. The molecular formula is C22H25N5O. The lowest BCUT2D eigenvalue weighted by atomic mass is 9.97. The van der Waals surface area contributed by atoms with E-state index in [0.717, 1.165) is 55.9 Å². The second-order valence-electron chi connectivity index (χ2n) is 7.15. The first-order chi connectivity index (χ1) is 13.8. The van der Waals surface area contributed by atoms with Crippen LogP contribution in [-0.2, 0) is 6.54 Å². The van der Waals surface area contributed by atoms with Crippen LogP contribution in [0, 0.1) is 0 Å². The standard InChI is InChI=1S/C22H25N5O/c1-2-14-27-21(24-16-25-27)17-9-11-18(12-10-17)22(28)26-15-6-4-8-20(26)19-7-3-5-13-23-19/h3,5,7,9-13,16,20H,2,4,6,8,14-15H2,1H3/t20-/m0/s1. The van der Waals surface area contributed by atoms with E-state index in [-0.39, 0.29) is 11.9 Å². The van der Waals surface area contributed by atoms with E-state index in [1.807, 2.05) is 52.0 Å².